The van der Waals surface area contributed by atoms with Crippen molar-refractivity contribution in [3.05, 3.63) is 0 Å². The Labute approximate surface area is 74.9 Å². The molecule has 0 spiro atoms. The largest absolute Gasteiger partial charge is 0.379 e. The molecule has 0 aromatic heterocycles. The molecular formula is C10H19NO. The van der Waals surface area contributed by atoms with Gasteiger partial charge in [-0.05, 0) is 26.2 Å². The number of fused-ring (bicyclic) bond motifs is 3. The topological polar surface area (TPSA) is 12.5 Å². The van der Waals surface area contributed by atoms with E-state index in [9.17, 15) is 0 Å². The second kappa shape index (κ2) is 3.00. The summed E-state index contributed by atoms with van der Waals surface area (Å²) in [6.45, 7) is 8.80. The van der Waals surface area contributed by atoms with Gasteiger partial charge in [0.15, 0.2) is 0 Å². The third-order valence-electron chi connectivity index (χ3n) is 3.26. The molecule has 3 aliphatic rings. The molecule has 0 N–H and O–H groups in total. The monoisotopic (exact) mass is 169 g/mol. The normalized spacial score (nSPS) is 42.5. The zero-order valence-corrected chi connectivity index (χ0v) is 8.29. The Balaban J connectivity index is 2.06. The van der Waals surface area contributed by atoms with Gasteiger partial charge >= 0.3 is 0 Å². The quantitative estimate of drug-likeness (QED) is 0.590. The van der Waals surface area contributed by atoms with Crippen LogP contribution in [0.1, 0.15) is 27.2 Å². The van der Waals surface area contributed by atoms with Crippen LogP contribution in [0.4, 0.5) is 0 Å². The maximum Gasteiger partial charge on any atom is 0.0622 e. The van der Waals surface area contributed by atoms with E-state index < -0.39 is 0 Å². The van der Waals surface area contributed by atoms with E-state index in [0.29, 0.717) is 6.04 Å². The Morgan fingerprint density at radius 2 is 2.08 bits per heavy atom. The minimum Gasteiger partial charge on any atom is -0.379 e. The molecular weight excluding hydrogens is 150 g/mol. The Bertz CT molecular complexity index is 169. The van der Waals surface area contributed by atoms with E-state index in [1.165, 1.54) is 6.42 Å². The van der Waals surface area contributed by atoms with Crippen molar-refractivity contribution in [3.63, 3.8) is 0 Å². The summed E-state index contributed by atoms with van der Waals surface area (Å²) in [5.41, 5.74) is 0. The smallest absolute Gasteiger partial charge is 0.0622 e. The highest BCUT2D eigenvalue weighted by molar-refractivity contribution is 4.98. The number of hydrogen-bond acceptors (Lipinski definition) is 2. The highest BCUT2D eigenvalue weighted by Crippen LogP contribution is 2.35. The lowest BCUT2D eigenvalue weighted by Gasteiger charge is -2.51. The Kier molecular flexibility index (Phi) is 2.13. The second-order valence-electron chi connectivity index (χ2n) is 4.51. The fourth-order valence-electron chi connectivity index (χ4n) is 2.64. The van der Waals surface area contributed by atoms with Crippen molar-refractivity contribution in [1.82, 2.24) is 4.90 Å². The van der Waals surface area contributed by atoms with Gasteiger partial charge in [-0.2, -0.15) is 0 Å². The van der Waals surface area contributed by atoms with Gasteiger partial charge in [0.05, 0.1) is 13.2 Å². The summed E-state index contributed by atoms with van der Waals surface area (Å²) in [4.78, 5) is 2.62. The van der Waals surface area contributed by atoms with Gasteiger partial charge in [0, 0.05) is 18.1 Å². The van der Waals surface area contributed by atoms with Crippen LogP contribution in [0.15, 0.2) is 0 Å². The molecule has 2 heteroatoms. The van der Waals surface area contributed by atoms with E-state index in [2.05, 4.69) is 25.7 Å². The first-order chi connectivity index (χ1) is 5.70. The fourth-order valence-corrected chi connectivity index (χ4v) is 2.64. The number of rotatable bonds is 1. The lowest BCUT2D eigenvalue weighted by Crippen LogP contribution is -2.61. The summed E-state index contributed by atoms with van der Waals surface area (Å²) in [7, 11) is 0. The van der Waals surface area contributed by atoms with Crippen molar-refractivity contribution in [3.8, 4) is 0 Å². The summed E-state index contributed by atoms with van der Waals surface area (Å²) in [6.07, 6.45) is 1.36. The standard InChI is InChI=1S/C10H19NO/c1-7(2)11-9-4-10(11)8(3)5-12-6-9/h7-10H,4-6H2,1-3H3/t8-,9+,10-/m1/s1. The van der Waals surface area contributed by atoms with Gasteiger partial charge in [-0.3, -0.25) is 4.90 Å². The van der Waals surface area contributed by atoms with Gasteiger partial charge < -0.3 is 4.74 Å². The SMILES string of the molecule is CC(C)N1[C@@H]2COC[C@@H](C)[C@H]1C2. The molecule has 70 valence electrons. The van der Waals surface area contributed by atoms with Gasteiger partial charge in [-0.1, -0.05) is 6.92 Å². The minimum atomic E-state index is 0.692. The lowest BCUT2D eigenvalue weighted by atomic mass is 9.84. The maximum absolute atomic E-state index is 5.60. The molecule has 3 fully saturated rings. The highest BCUT2D eigenvalue weighted by atomic mass is 16.5. The summed E-state index contributed by atoms with van der Waals surface area (Å²) in [5, 5.41) is 0. The van der Waals surface area contributed by atoms with Crippen molar-refractivity contribution >= 4 is 0 Å². The average Bonchev–Trinajstić information content (AvgIpc) is 2.15. The Morgan fingerprint density at radius 1 is 1.33 bits per heavy atom. The Morgan fingerprint density at radius 3 is 2.75 bits per heavy atom. The number of ether oxygens (including phenoxy) is 1. The second-order valence-corrected chi connectivity index (χ2v) is 4.51. The summed E-state index contributed by atoms with van der Waals surface area (Å²) >= 11 is 0. The molecule has 3 rings (SSSR count). The van der Waals surface area contributed by atoms with E-state index >= 15 is 0 Å². The van der Waals surface area contributed by atoms with Crippen LogP contribution in [0.2, 0.25) is 0 Å². The maximum atomic E-state index is 5.60. The number of nitrogens with zero attached hydrogens (tertiary/aromatic N) is 1. The van der Waals surface area contributed by atoms with Crippen LogP contribution in [-0.4, -0.2) is 36.2 Å². The van der Waals surface area contributed by atoms with Crippen molar-refractivity contribution < 1.29 is 4.74 Å². The van der Waals surface area contributed by atoms with Gasteiger partial charge in [0.2, 0.25) is 0 Å². The van der Waals surface area contributed by atoms with E-state index in [1.54, 1.807) is 0 Å². The van der Waals surface area contributed by atoms with Gasteiger partial charge in [-0.25, -0.2) is 0 Å². The predicted molar refractivity (Wildman–Crippen MR) is 49.2 cm³/mol. The molecule has 0 radical (unpaired) electrons. The van der Waals surface area contributed by atoms with Crippen LogP contribution in [0.3, 0.4) is 0 Å². The first kappa shape index (κ1) is 8.52. The molecule has 0 amide bonds. The first-order valence-electron chi connectivity index (χ1n) is 5.05. The molecule has 0 saturated carbocycles. The minimum absolute atomic E-state index is 0.692. The fraction of sp³-hybridized carbons (Fsp3) is 1.00. The molecule has 3 saturated heterocycles. The molecule has 12 heavy (non-hydrogen) atoms. The molecule has 0 aliphatic carbocycles. The third kappa shape index (κ3) is 1.17. The molecule has 3 atom stereocenters. The zero-order chi connectivity index (χ0) is 8.72. The molecule has 0 aromatic carbocycles. The third-order valence-corrected chi connectivity index (χ3v) is 3.26. The summed E-state index contributed by atoms with van der Waals surface area (Å²) in [6, 6.07) is 2.22. The van der Waals surface area contributed by atoms with Crippen molar-refractivity contribution in [2.75, 3.05) is 13.2 Å². The van der Waals surface area contributed by atoms with E-state index in [0.717, 1.165) is 31.2 Å². The summed E-state index contributed by atoms with van der Waals surface area (Å²) in [5.74, 6) is 0.728. The van der Waals surface area contributed by atoms with Crippen molar-refractivity contribution in [1.29, 1.82) is 0 Å². The molecule has 0 unspecified atom stereocenters. The summed E-state index contributed by atoms with van der Waals surface area (Å²) < 4.78 is 5.60. The molecule has 3 aliphatic heterocycles. The molecule has 2 bridgehead atoms. The van der Waals surface area contributed by atoms with Crippen LogP contribution < -0.4 is 0 Å². The predicted octanol–water partition coefficient (Wildman–Crippen LogP) is 1.50. The lowest BCUT2D eigenvalue weighted by molar-refractivity contribution is -0.0300. The van der Waals surface area contributed by atoms with Gasteiger partial charge in [0.25, 0.3) is 0 Å². The van der Waals surface area contributed by atoms with Crippen LogP contribution in [0.5, 0.6) is 0 Å². The zero-order valence-electron chi connectivity index (χ0n) is 8.29. The van der Waals surface area contributed by atoms with Crippen molar-refractivity contribution in [2.45, 2.75) is 45.3 Å². The average molecular weight is 169 g/mol. The van der Waals surface area contributed by atoms with E-state index in [1.807, 2.05) is 0 Å². The molecule has 0 aromatic rings. The van der Waals surface area contributed by atoms with Crippen molar-refractivity contribution in [2.24, 2.45) is 5.92 Å². The highest BCUT2D eigenvalue weighted by Gasteiger charge is 2.44. The molecule has 2 nitrogen and oxygen atoms in total. The van der Waals surface area contributed by atoms with Gasteiger partial charge in [-0.15, -0.1) is 0 Å². The number of hydrogen-bond donors (Lipinski definition) is 0. The van der Waals surface area contributed by atoms with Crippen LogP contribution >= 0.6 is 0 Å². The van der Waals surface area contributed by atoms with Crippen LogP contribution in [0, 0.1) is 5.92 Å². The van der Waals surface area contributed by atoms with E-state index in [4.69, 9.17) is 4.74 Å². The van der Waals surface area contributed by atoms with Crippen LogP contribution in [0.25, 0.3) is 0 Å². The van der Waals surface area contributed by atoms with Crippen LogP contribution in [-0.2, 0) is 4.74 Å². The first-order valence-corrected chi connectivity index (χ1v) is 5.05. The molecule has 3 heterocycles. The van der Waals surface area contributed by atoms with Gasteiger partial charge in [0.1, 0.15) is 0 Å². The Hall–Kier alpha value is -0.0800. The van der Waals surface area contributed by atoms with E-state index in [-0.39, 0.29) is 0 Å².